The van der Waals surface area contributed by atoms with E-state index >= 15 is 0 Å². The fourth-order valence-electron chi connectivity index (χ4n) is 1.41. The van der Waals surface area contributed by atoms with E-state index in [0.717, 1.165) is 27.8 Å². The molecule has 0 spiro atoms. The van der Waals surface area contributed by atoms with Crippen molar-refractivity contribution in [3.63, 3.8) is 0 Å². The lowest BCUT2D eigenvalue weighted by molar-refractivity contribution is 0.302. The van der Waals surface area contributed by atoms with Crippen LogP contribution < -0.4 is 10.1 Å². The van der Waals surface area contributed by atoms with Gasteiger partial charge in [-0.15, -0.1) is 0 Å². The van der Waals surface area contributed by atoms with Gasteiger partial charge in [0, 0.05) is 11.0 Å². The molecule has 0 atom stereocenters. The molecule has 0 heterocycles. The van der Waals surface area contributed by atoms with Gasteiger partial charge in [-0.1, -0.05) is 36.7 Å². The van der Waals surface area contributed by atoms with Gasteiger partial charge in [0.15, 0.2) is 0 Å². The van der Waals surface area contributed by atoms with Crippen molar-refractivity contribution in [3.8, 4) is 5.75 Å². The third-order valence-corrected chi connectivity index (χ3v) is 3.60. The highest BCUT2D eigenvalue weighted by Gasteiger charge is 2.08. The third kappa shape index (κ3) is 6.76. The van der Waals surface area contributed by atoms with Crippen LogP contribution in [0.1, 0.15) is 27.2 Å². The maximum absolute atomic E-state index is 5.69. The average molecular weight is 379 g/mol. The van der Waals surface area contributed by atoms with Gasteiger partial charge in [-0.2, -0.15) is 0 Å². The van der Waals surface area contributed by atoms with Crippen molar-refractivity contribution in [2.75, 3.05) is 19.7 Å². The highest BCUT2D eigenvalue weighted by Crippen LogP contribution is 2.27. The molecule has 1 aromatic carbocycles. The Hall–Kier alpha value is -0.0600. The molecule has 102 valence electrons. The second kappa shape index (κ2) is 7.51. The lowest BCUT2D eigenvalue weighted by Gasteiger charge is -2.18. The molecule has 2 nitrogen and oxygen atoms in total. The Morgan fingerprint density at radius 1 is 1.17 bits per heavy atom. The van der Waals surface area contributed by atoms with Crippen molar-refractivity contribution >= 4 is 31.9 Å². The maximum atomic E-state index is 5.69. The monoisotopic (exact) mass is 377 g/mol. The van der Waals surface area contributed by atoms with Gasteiger partial charge in [0.25, 0.3) is 0 Å². The van der Waals surface area contributed by atoms with Crippen LogP contribution in [0.4, 0.5) is 0 Å². The average Bonchev–Trinajstić information content (AvgIpc) is 2.24. The van der Waals surface area contributed by atoms with Crippen molar-refractivity contribution in [2.24, 2.45) is 5.41 Å². The predicted molar refractivity (Wildman–Crippen MR) is 84.3 cm³/mol. The van der Waals surface area contributed by atoms with E-state index in [0.29, 0.717) is 12.0 Å². The first kappa shape index (κ1) is 16.0. The third-order valence-electron chi connectivity index (χ3n) is 2.48. The maximum Gasteiger partial charge on any atom is 0.133 e. The lowest BCUT2D eigenvalue weighted by Crippen LogP contribution is -2.25. The van der Waals surface area contributed by atoms with Crippen LogP contribution >= 0.6 is 31.9 Å². The molecule has 0 aliphatic rings. The number of nitrogens with one attached hydrogen (secondary N) is 1. The van der Waals surface area contributed by atoms with Crippen molar-refractivity contribution in [1.29, 1.82) is 0 Å². The van der Waals surface area contributed by atoms with Crippen molar-refractivity contribution < 1.29 is 4.74 Å². The molecule has 0 bridgehead atoms. The molecule has 1 rings (SSSR count). The number of rotatable bonds is 6. The Labute approximate surface area is 127 Å². The smallest absolute Gasteiger partial charge is 0.133 e. The van der Waals surface area contributed by atoms with Gasteiger partial charge in [-0.05, 0) is 52.5 Å². The number of benzene rings is 1. The normalized spacial score (nSPS) is 11.6. The molecule has 0 aromatic heterocycles. The molecule has 1 aromatic rings. The summed E-state index contributed by atoms with van der Waals surface area (Å²) in [5.41, 5.74) is 0.391. The summed E-state index contributed by atoms with van der Waals surface area (Å²) >= 11 is 6.90. The molecule has 1 N–H and O–H groups in total. The van der Waals surface area contributed by atoms with Gasteiger partial charge in [0.1, 0.15) is 12.4 Å². The molecule has 0 radical (unpaired) electrons. The predicted octanol–water partition coefficient (Wildman–Crippen LogP) is 4.62. The van der Waals surface area contributed by atoms with Gasteiger partial charge in [0.05, 0.1) is 4.47 Å². The van der Waals surface area contributed by atoms with Gasteiger partial charge >= 0.3 is 0 Å². The minimum Gasteiger partial charge on any atom is -0.491 e. The largest absolute Gasteiger partial charge is 0.491 e. The Balaban J connectivity index is 2.18. The first-order valence-electron chi connectivity index (χ1n) is 6.17. The van der Waals surface area contributed by atoms with E-state index < -0.39 is 0 Å². The van der Waals surface area contributed by atoms with Crippen LogP contribution in [0, 0.1) is 5.41 Å². The van der Waals surface area contributed by atoms with Gasteiger partial charge in [-0.3, -0.25) is 0 Å². The van der Waals surface area contributed by atoms with Crippen LogP contribution in [-0.2, 0) is 0 Å². The fraction of sp³-hybridized carbons (Fsp3) is 0.571. The topological polar surface area (TPSA) is 21.3 Å². The van der Waals surface area contributed by atoms with E-state index in [1.807, 2.05) is 18.2 Å². The summed E-state index contributed by atoms with van der Waals surface area (Å²) in [7, 11) is 0. The molecule has 0 fully saturated rings. The molecule has 0 saturated carbocycles. The SMILES string of the molecule is CC(C)(C)CCNCCOc1ccc(Br)cc1Br. The van der Waals surface area contributed by atoms with Crippen LogP contribution in [0.25, 0.3) is 0 Å². The highest BCUT2D eigenvalue weighted by molar-refractivity contribution is 9.11. The zero-order chi connectivity index (χ0) is 13.6. The molecule has 0 aliphatic carbocycles. The molecule has 0 amide bonds. The first-order valence-corrected chi connectivity index (χ1v) is 7.76. The minimum absolute atomic E-state index is 0.391. The van der Waals surface area contributed by atoms with Crippen LogP contribution in [-0.4, -0.2) is 19.7 Å². The standard InChI is InChI=1S/C14H21Br2NO/c1-14(2,3)6-7-17-8-9-18-13-5-4-11(15)10-12(13)16/h4-5,10,17H,6-9H2,1-3H3. The number of hydrogen-bond acceptors (Lipinski definition) is 2. The molecule has 4 heteroatoms. The lowest BCUT2D eigenvalue weighted by atomic mass is 9.92. The summed E-state index contributed by atoms with van der Waals surface area (Å²) in [4.78, 5) is 0. The van der Waals surface area contributed by atoms with Crippen LogP contribution in [0.3, 0.4) is 0 Å². The molecular formula is C14H21Br2NO. The van der Waals surface area contributed by atoms with Crippen molar-refractivity contribution in [3.05, 3.63) is 27.1 Å². The summed E-state index contributed by atoms with van der Waals surface area (Å²) < 4.78 is 7.72. The quantitative estimate of drug-likeness (QED) is 0.729. The summed E-state index contributed by atoms with van der Waals surface area (Å²) in [6, 6.07) is 5.93. The van der Waals surface area contributed by atoms with Crippen LogP contribution in [0.15, 0.2) is 27.1 Å². The van der Waals surface area contributed by atoms with E-state index in [2.05, 4.69) is 57.9 Å². The fourth-order valence-corrected chi connectivity index (χ4v) is 2.58. The molecule has 0 aliphatic heterocycles. The van der Waals surface area contributed by atoms with Crippen LogP contribution in [0.5, 0.6) is 5.75 Å². The van der Waals surface area contributed by atoms with E-state index in [4.69, 9.17) is 4.74 Å². The molecule has 0 saturated heterocycles. The van der Waals surface area contributed by atoms with Crippen molar-refractivity contribution in [2.45, 2.75) is 27.2 Å². The zero-order valence-corrected chi connectivity index (χ0v) is 14.4. The number of ether oxygens (including phenoxy) is 1. The van der Waals surface area contributed by atoms with E-state index in [9.17, 15) is 0 Å². The Morgan fingerprint density at radius 3 is 2.50 bits per heavy atom. The van der Waals surface area contributed by atoms with Gasteiger partial charge in [0.2, 0.25) is 0 Å². The molecular weight excluding hydrogens is 358 g/mol. The van der Waals surface area contributed by atoms with E-state index in [-0.39, 0.29) is 0 Å². The van der Waals surface area contributed by atoms with E-state index in [1.54, 1.807) is 0 Å². The minimum atomic E-state index is 0.391. The summed E-state index contributed by atoms with van der Waals surface area (Å²) in [5.74, 6) is 0.885. The highest BCUT2D eigenvalue weighted by atomic mass is 79.9. The van der Waals surface area contributed by atoms with Crippen LogP contribution in [0.2, 0.25) is 0 Å². The second-order valence-electron chi connectivity index (χ2n) is 5.48. The van der Waals surface area contributed by atoms with Crippen molar-refractivity contribution in [1.82, 2.24) is 5.32 Å². The summed E-state index contributed by atoms with van der Waals surface area (Å²) in [5, 5.41) is 3.39. The molecule has 0 unspecified atom stereocenters. The Bertz CT molecular complexity index is 375. The summed E-state index contributed by atoms with van der Waals surface area (Å²) in [6.45, 7) is 9.36. The molecule has 18 heavy (non-hydrogen) atoms. The number of hydrogen-bond donors (Lipinski definition) is 1. The van der Waals surface area contributed by atoms with E-state index in [1.165, 1.54) is 6.42 Å². The van der Waals surface area contributed by atoms with Gasteiger partial charge < -0.3 is 10.1 Å². The Morgan fingerprint density at radius 2 is 1.89 bits per heavy atom. The second-order valence-corrected chi connectivity index (χ2v) is 7.25. The summed E-state index contributed by atoms with van der Waals surface area (Å²) in [6.07, 6.45) is 1.18. The Kier molecular flexibility index (Phi) is 6.67. The number of halogens is 2. The first-order chi connectivity index (χ1) is 8.38. The zero-order valence-electron chi connectivity index (χ0n) is 11.2. The van der Waals surface area contributed by atoms with Gasteiger partial charge in [-0.25, -0.2) is 0 Å².